The van der Waals surface area contributed by atoms with Gasteiger partial charge in [0.25, 0.3) is 0 Å². The van der Waals surface area contributed by atoms with Gasteiger partial charge in [0, 0.05) is 16.1 Å². The molecule has 0 radical (unpaired) electrons. The molecule has 0 saturated heterocycles. The Labute approximate surface area is 125 Å². The van der Waals surface area contributed by atoms with E-state index in [0.717, 1.165) is 28.6 Å². The van der Waals surface area contributed by atoms with Crippen LogP contribution in [0.5, 0.6) is 5.75 Å². The summed E-state index contributed by atoms with van der Waals surface area (Å²) in [5.74, 6) is 6.56. The van der Waals surface area contributed by atoms with Crippen LogP contribution in [0.3, 0.4) is 0 Å². The van der Waals surface area contributed by atoms with Gasteiger partial charge in [0.05, 0.1) is 7.11 Å². The Morgan fingerprint density at radius 1 is 1.42 bits per heavy atom. The lowest BCUT2D eigenvalue weighted by molar-refractivity contribution is 0.396. The second kappa shape index (κ2) is 7.05. The van der Waals surface area contributed by atoms with Crippen LogP contribution in [0, 0.1) is 0 Å². The summed E-state index contributed by atoms with van der Waals surface area (Å²) < 4.78 is 6.43. The number of nitrogens with two attached hydrogens (primary N) is 1. The fourth-order valence-corrected chi connectivity index (χ4v) is 3.13. The lowest BCUT2D eigenvalue weighted by atomic mass is 10.00. The van der Waals surface area contributed by atoms with E-state index in [1.807, 2.05) is 12.1 Å². The van der Waals surface area contributed by atoms with Gasteiger partial charge in [0.2, 0.25) is 0 Å². The first-order chi connectivity index (χ1) is 9.24. The lowest BCUT2D eigenvalue weighted by Gasteiger charge is -2.19. The number of benzene rings is 1. The maximum atomic E-state index is 5.70. The van der Waals surface area contributed by atoms with Crippen molar-refractivity contribution in [1.82, 2.24) is 5.43 Å². The Balaban J connectivity index is 2.14. The minimum absolute atomic E-state index is 0.0763. The van der Waals surface area contributed by atoms with E-state index in [0.29, 0.717) is 0 Å². The molecule has 2 aromatic rings. The minimum atomic E-state index is 0.0763. The van der Waals surface area contributed by atoms with E-state index >= 15 is 0 Å². The van der Waals surface area contributed by atoms with Gasteiger partial charge in [-0.15, -0.1) is 0 Å². The summed E-state index contributed by atoms with van der Waals surface area (Å²) in [7, 11) is 1.68. The summed E-state index contributed by atoms with van der Waals surface area (Å²) in [5.41, 5.74) is 5.31. The van der Waals surface area contributed by atoms with Crippen molar-refractivity contribution in [2.24, 2.45) is 5.84 Å². The molecule has 0 spiro atoms. The van der Waals surface area contributed by atoms with E-state index in [1.165, 1.54) is 5.56 Å². The predicted molar refractivity (Wildman–Crippen MR) is 83.4 cm³/mol. The molecule has 1 unspecified atom stereocenters. The van der Waals surface area contributed by atoms with E-state index in [2.05, 4.69) is 44.2 Å². The van der Waals surface area contributed by atoms with Gasteiger partial charge in [-0.2, -0.15) is 11.3 Å². The van der Waals surface area contributed by atoms with Crippen molar-refractivity contribution < 1.29 is 4.74 Å². The summed E-state index contributed by atoms with van der Waals surface area (Å²) in [4.78, 5) is 0. The molecule has 19 heavy (non-hydrogen) atoms. The van der Waals surface area contributed by atoms with Gasteiger partial charge in [-0.25, -0.2) is 0 Å². The van der Waals surface area contributed by atoms with Crippen LogP contribution in [0.25, 0.3) is 0 Å². The van der Waals surface area contributed by atoms with Crippen molar-refractivity contribution >= 4 is 27.3 Å². The Morgan fingerprint density at radius 2 is 2.26 bits per heavy atom. The number of rotatable bonds is 6. The third-order valence-electron chi connectivity index (χ3n) is 3.07. The van der Waals surface area contributed by atoms with Crippen LogP contribution < -0.4 is 16.0 Å². The summed E-state index contributed by atoms with van der Waals surface area (Å²) in [5, 5.41) is 4.27. The van der Waals surface area contributed by atoms with Gasteiger partial charge < -0.3 is 4.74 Å². The number of hydrogen-bond acceptors (Lipinski definition) is 4. The molecule has 3 N–H and O–H groups in total. The van der Waals surface area contributed by atoms with E-state index in [-0.39, 0.29) is 6.04 Å². The zero-order valence-corrected chi connectivity index (χ0v) is 13.1. The van der Waals surface area contributed by atoms with Gasteiger partial charge in [-0.1, -0.05) is 15.9 Å². The van der Waals surface area contributed by atoms with Crippen LogP contribution in [-0.4, -0.2) is 7.11 Å². The van der Waals surface area contributed by atoms with Crippen LogP contribution in [0.1, 0.15) is 23.6 Å². The number of hydrazine groups is 1. The minimum Gasteiger partial charge on any atom is -0.496 e. The fraction of sp³-hybridized carbons (Fsp3) is 0.286. The molecule has 0 aliphatic heterocycles. The summed E-state index contributed by atoms with van der Waals surface area (Å²) in [6.45, 7) is 0. The van der Waals surface area contributed by atoms with Crippen LogP contribution >= 0.6 is 27.3 Å². The molecule has 2 rings (SSSR count). The largest absolute Gasteiger partial charge is 0.496 e. The maximum Gasteiger partial charge on any atom is 0.123 e. The van der Waals surface area contributed by atoms with Gasteiger partial charge >= 0.3 is 0 Å². The fourth-order valence-electron chi connectivity index (χ4n) is 2.05. The average molecular weight is 341 g/mol. The third kappa shape index (κ3) is 3.79. The van der Waals surface area contributed by atoms with Crippen molar-refractivity contribution in [3.63, 3.8) is 0 Å². The smallest absolute Gasteiger partial charge is 0.123 e. The standard InChI is InChI=1S/C14H17BrN2OS/c1-18-14-5-3-11(15)8-12(14)13(17-16)4-2-10-6-7-19-9-10/h3,5-9,13,17H,2,4,16H2,1H3. The molecule has 5 heteroatoms. The van der Waals surface area contributed by atoms with Crippen molar-refractivity contribution in [3.8, 4) is 5.75 Å². The number of ether oxygens (including phenoxy) is 1. The number of halogens is 1. The molecule has 1 heterocycles. The number of methoxy groups -OCH3 is 1. The summed E-state index contributed by atoms with van der Waals surface area (Å²) >= 11 is 5.21. The number of nitrogens with one attached hydrogen (secondary N) is 1. The van der Waals surface area contributed by atoms with Gasteiger partial charge in [0.1, 0.15) is 5.75 Å². The van der Waals surface area contributed by atoms with Gasteiger partial charge in [-0.05, 0) is 53.4 Å². The van der Waals surface area contributed by atoms with E-state index in [1.54, 1.807) is 18.4 Å². The highest BCUT2D eigenvalue weighted by Gasteiger charge is 2.15. The molecule has 0 amide bonds. The normalized spacial score (nSPS) is 12.4. The molecular weight excluding hydrogens is 324 g/mol. The molecule has 0 aliphatic rings. The zero-order chi connectivity index (χ0) is 13.7. The first-order valence-corrected chi connectivity index (χ1v) is 7.79. The van der Waals surface area contributed by atoms with E-state index in [9.17, 15) is 0 Å². The van der Waals surface area contributed by atoms with E-state index < -0.39 is 0 Å². The van der Waals surface area contributed by atoms with Crippen molar-refractivity contribution in [2.45, 2.75) is 18.9 Å². The molecule has 0 fully saturated rings. The van der Waals surface area contributed by atoms with Gasteiger partial charge in [-0.3, -0.25) is 11.3 Å². The van der Waals surface area contributed by atoms with Crippen molar-refractivity contribution in [2.75, 3.05) is 7.11 Å². The first kappa shape index (κ1) is 14.5. The summed E-state index contributed by atoms with van der Waals surface area (Å²) in [6, 6.07) is 8.20. The topological polar surface area (TPSA) is 47.3 Å². The second-order valence-corrected chi connectivity index (χ2v) is 5.97. The van der Waals surface area contributed by atoms with Crippen LogP contribution in [0.15, 0.2) is 39.5 Å². The molecule has 1 atom stereocenters. The van der Waals surface area contributed by atoms with E-state index in [4.69, 9.17) is 10.6 Å². The number of hydrogen-bond donors (Lipinski definition) is 2. The van der Waals surface area contributed by atoms with Gasteiger partial charge in [0.15, 0.2) is 0 Å². The van der Waals surface area contributed by atoms with Crippen LogP contribution in [-0.2, 0) is 6.42 Å². The highest BCUT2D eigenvalue weighted by Crippen LogP contribution is 2.30. The molecule has 102 valence electrons. The molecule has 0 saturated carbocycles. The van der Waals surface area contributed by atoms with Crippen molar-refractivity contribution in [3.05, 3.63) is 50.6 Å². The van der Waals surface area contributed by atoms with Crippen LogP contribution in [0.4, 0.5) is 0 Å². The monoisotopic (exact) mass is 340 g/mol. The Morgan fingerprint density at radius 3 is 2.89 bits per heavy atom. The highest BCUT2D eigenvalue weighted by molar-refractivity contribution is 9.10. The number of aryl methyl sites for hydroxylation is 1. The molecule has 0 aliphatic carbocycles. The average Bonchev–Trinajstić information content (AvgIpc) is 2.93. The third-order valence-corrected chi connectivity index (χ3v) is 4.30. The van der Waals surface area contributed by atoms with Crippen LogP contribution in [0.2, 0.25) is 0 Å². The Hall–Kier alpha value is -0.880. The molecule has 1 aromatic carbocycles. The Kier molecular flexibility index (Phi) is 5.39. The SMILES string of the molecule is COc1ccc(Br)cc1C(CCc1ccsc1)NN. The highest BCUT2D eigenvalue weighted by atomic mass is 79.9. The second-order valence-electron chi connectivity index (χ2n) is 4.28. The Bertz CT molecular complexity index is 516. The molecular formula is C14H17BrN2OS. The molecule has 1 aromatic heterocycles. The quantitative estimate of drug-likeness (QED) is 0.623. The molecule has 0 bridgehead atoms. The zero-order valence-electron chi connectivity index (χ0n) is 10.7. The number of thiophene rings is 1. The molecule has 3 nitrogen and oxygen atoms in total. The van der Waals surface area contributed by atoms with Crippen molar-refractivity contribution in [1.29, 1.82) is 0 Å². The lowest BCUT2D eigenvalue weighted by Crippen LogP contribution is -2.28. The first-order valence-electron chi connectivity index (χ1n) is 6.05. The maximum absolute atomic E-state index is 5.70. The summed E-state index contributed by atoms with van der Waals surface area (Å²) in [6.07, 6.45) is 1.92. The predicted octanol–water partition coefficient (Wildman–Crippen LogP) is 3.66.